The first kappa shape index (κ1) is 11.4. The van der Waals surface area contributed by atoms with Crippen LogP contribution >= 0.6 is 0 Å². The highest BCUT2D eigenvalue weighted by molar-refractivity contribution is 5.72. The number of hydrogen-bond acceptors (Lipinski definition) is 2. The Balaban J connectivity index is 2.37. The fourth-order valence-electron chi connectivity index (χ4n) is 1.75. The Hall–Kier alpha value is -2.10. The lowest BCUT2D eigenvalue weighted by Gasteiger charge is -2.00. The fourth-order valence-corrected chi connectivity index (χ4v) is 1.75. The monoisotopic (exact) mass is 230 g/mol. The van der Waals surface area contributed by atoms with Crippen molar-refractivity contribution in [3.05, 3.63) is 41.1 Å². The van der Waals surface area contributed by atoms with E-state index >= 15 is 0 Å². The number of carbonyl (C=O) groups is 1. The number of benzene rings is 1. The average molecular weight is 230 g/mol. The van der Waals surface area contributed by atoms with Gasteiger partial charge in [-0.05, 0) is 19.4 Å². The number of nitrogens with one attached hydrogen (secondary N) is 1. The summed E-state index contributed by atoms with van der Waals surface area (Å²) in [5.74, 6) is -0.854. The molecule has 2 aromatic rings. The molecule has 88 valence electrons. The number of carboxylic acid groups (broad SMARTS) is 1. The maximum atomic E-state index is 10.7. The number of rotatable bonds is 3. The molecular weight excluding hydrogens is 216 g/mol. The van der Waals surface area contributed by atoms with Gasteiger partial charge in [0.25, 0.3) is 0 Å². The van der Waals surface area contributed by atoms with Crippen LogP contribution in [0.2, 0.25) is 0 Å². The van der Waals surface area contributed by atoms with E-state index in [0.717, 1.165) is 16.8 Å². The van der Waals surface area contributed by atoms with Gasteiger partial charge >= 0.3 is 5.97 Å². The van der Waals surface area contributed by atoms with E-state index in [-0.39, 0.29) is 6.42 Å². The van der Waals surface area contributed by atoms with Crippen LogP contribution in [0.15, 0.2) is 24.3 Å². The van der Waals surface area contributed by atoms with Crippen molar-refractivity contribution in [3.8, 4) is 11.3 Å². The predicted molar refractivity (Wildman–Crippen MR) is 64.8 cm³/mol. The molecule has 0 spiro atoms. The van der Waals surface area contributed by atoms with E-state index in [1.54, 1.807) is 0 Å². The smallest absolute Gasteiger partial charge is 0.309 e. The van der Waals surface area contributed by atoms with E-state index < -0.39 is 5.97 Å². The molecule has 0 saturated heterocycles. The Morgan fingerprint density at radius 2 is 1.94 bits per heavy atom. The summed E-state index contributed by atoms with van der Waals surface area (Å²) < 4.78 is 0. The van der Waals surface area contributed by atoms with Crippen LogP contribution in [-0.4, -0.2) is 21.3 Å². The zero-order valence-corrected chi connectivity index (χ0v) is 9.82. The first-order valence-corrected chi connectivity index (χ1v) is 5.40. The van der Waals surface area contributed by atoms with Crippen molar-refractivity contribution in [1.82, 2.24) is 10.2 Å². The van der Waals surface area contributed by atoms with Crippen LogP contribution in [0, 0.1) is 13.8 Å². The Morgan fingerprint density at radius 1 is 1.29 bits per heavy atom. The summed E-state index contributed by atoms with van der Waals surface area (Å²) in [5, 5.41) is 15.7. The summed E-state index contributed by atoms with van der Waals surface area (Å²) in [5.41, 5.74) is 4.57. The standard InChI is InChI=1S/C13H14N2O2/c1-8-3-5-10(6-4-8)13-9(2)11(14-15-13)7-12(16)17/h3-6H,7H2,1-2H3,(H,14,15)(H,16,17). The molecule has 0 amide bonds. The van der Waals surface area contributed by atoms with Crippen LogP contribution in [0.3, 0.4) is 0 Å². The van der Waals surface area contributed by atoms with Crippen molar-refractivity contribution in [2.45, 2.75) is 20.3 Å². The zero-order valence-electron chi connectivity index (χ0n) is 9.82. The van der Waals surface area contributed by atoms with Gasteiger partial charge in [0.1, 0.15) is 0 Å². The third kappa shape index (κ3) is 2.36. The number of hydrogen-bond donors (Lipinski definition) is 2. The van der Waals surface area contributed by atoms with Crippen molar-refractivity contribution < 1.29 is 9.90 Å². The molecule has 0 saturated carbocycles. The van der Waals surface area contributed by atoms with Gasteiger partial charge < -0.3 is 5.11 Å². The second-order valence-electron chi connectivity index (χ2n) is 4.11. The quantitative estimate of drug-likeness (QED) is 0.850. The van der Waals surface area contributed by atoms with Gasteiger partial charge in [-0.15, -0.1) is 0 Å². The molecule has 2 N–H and O–H groups in total. The summed E-state index contributed by atoms with van der Waals surface area (Å²) in [6, 6.07) is 8.01. The first-order chi connectivity index (χ1) is 8.08. The molecule has 0 aliphatic heterocycles. The summed E-state index contributed by atoms with van der Waals surface area (Å²) in [6.45, 7) is 3.91. The third-order valence-corrected chi connectivity index (χ3v) is 2.76. The van der Waals surface area contributed by atoms with Crippen molar-refractivity contribution in [3.63, 3.8) is 0 Å². The van der Waals surface area contributed by atoms with Gasteiger partial charge in [-0.1, -0.05) is 29.8 Å². The van der Waals surface area contributed by atoms with Crippen LogP contribution in [0.25, 0.3) is 11.3 Å². The van der Waals surface area contributed by atoms with Crippen LogP contribution in [-0.2, 0) is 11.2 Å². The Morgan fingerprint density at radius 3 is 2.53 bits per heavy atom. The molecule has 0 radical (unpaired) electrons. The van der Waals surface area contributed by atoms with E-state index in [9.17, 15) is 4.79 Å². The molecule has 17 heavy (non-hydrogen) atoms. The number of aryl methyl sites for hydroxylation is 1. The molecule has 0 aliphatic rings. The molecule has 1 aromatic carbocycles. The van der Waals surface area contributed by atoms with E-state index in [1.165, 1.54) is 5.56 Å². The Bertz CT molecular complexity index is 541. The lowest BCUT2D eigenvalue weighted by Crippen LogP contribution is -2.01. The summed E-state index contributed by atoms with van der Waals surface area (Å²) in [7, 11) is 0. The summed E-state index contributed by atoms with van der Waals surface area (Å²) >= 11 is 0. The van der Waals surface area contributed by atoms with Crippen molar-refractivity contribution in [2.24, 2.45) is 0 Å². The molecule has 0 aliphatic carbocycles. The fraction of sp³-hybridized carbons (Fsp3) is 0.231. The first-order valence-electron chi connectivity index (χ1n) is 5.40. The number of carboxylic acids is 1. The molecule has 0 atom stereocenters. The minimum absolute atomic E-state index is 0.0231. The zero-order chi connectivity index (χ0) is 12.4. The van der Waals surface area contributed by atoms with E-state index in [2.05, 4.69) is 10.2 Å². The molecule has 4 heteroatoms. The molecule has 1 aromatic heterocycles. The van der Waals surface area contributed by atoms with Crippen LogP contribution in [0.5, 0.6) is 0 Å². The molecule has 0 bridgehead atoms. The van der Waals surface area contributed by atoms with Gasteiger partial charge in [-0.25, -0.2) is 0 Å². The van der Waals surface area contributed by atoms with Crippen molar-refractivity contribution >= 4 is 5.97 Å². The second kappa shape index (κ2) is 4.41. The van der Waals surface area contributed by atoms with Gasteiger partial charge in [0.2, 0.25) is 0 Å². The number of aliphatic carboxylic acids is 1. The Kier molecular flexibility index (Phi) is 2.95. The highest BCUT2D eigenvalue weighted by Crippen LogP contribution is 2.23. The lowest BCUT2D eigenvalue weighted by atomic mass is 10.0. The highest BCUT2D eigenvalue weighted by atomic mass is 16.4. The van der Waals surface area contributed by atoms with Gasteiger partial charge in [-0.3, -0.25) is 9.89 Å². The Labute approximate surface area is 99.3 Å². The van der Waals surface area contributed by atoms with Gasteiger partial charge in [0, 0.05) is 11.3 Å². The van der Waals surface area contributed by atoms with E-state index in [4.69, 9.17) is 5.11 Å². The van der Waals surface area contributed by atoms with Gasteiger partial charge in [-0.2, -0.15) is 5.10 Å². The van der Waals surface area contributed by atoms with Crippen LogP contribution in [0.1, 0.15) is 16.8 Å². The largest absolute Gasteiger partial charge is 0.481 e. The van der Waals surface area contributed by atoms with Gasteiger partial charge in [0.15, 0.2) is 0 Å². The predicted octanol–water partition coefficient (Wildman–Crippen LogP) is 2.32. The molecule has 1 heterocycles. The SMILES string of the molecule is Cc1ccc(-c2n[nH]c(CC(=O)O)c2C)cc1. The minimum atomic E-state index is -0.854. The van der Waals surface area contributed by atoms with Crippen LogP contribution < -0.4 is 0 Å². The van der Waals surface area contributed by atoms with Crippen LogP contribution in [0.4, 0.5) is 0 Å². The highest BCUT2D eigenvalue weighted by Gasteiger charge is 2.12. The third-order valence-electron chi connectivity index (χ3n) is 2.76. The molecule has 0 fully saturated rings. The number of aromatic amines is 1. The maximum absolute atomic E-state index is 10.7. The van der Waals surface area contributed by atoms with E-state index in [1.807, 2.05) is 38.1 Å². The molecule has 4 nitrogen and oxygen atoms in total. The second-order valence-corrected chi connectivity index (χ2v) is 4.11. The van der Waals surface area contributed by atoms with Crippen molar-refractivity contribution in [2.75, 3.05) is 0 Å². The average Bonchev–Trinajstić information content (AvgIpc) is 2.61. The summed E-state index contributed by atoms with van der Waals surface area (Å²) in [4.78, 5) is 10.7. The van der Waals surface area contributed by atoms with E-state index in [0.29, 0.717) is 5.69 Å². The summed E-state index contributed by atoms with van der Waals surface area (Å²) in [6.07, 6.45) is -0.0231. The molecule has 2 rings (SSSR count). The maximum Gasteiger partial charge on any atom is 0.309 e. The molecular formula is C13H14N2O2. The minimum Gasteiger partial charge on any atom is -0.481 e. The van der Waals surface area contributed by atoms with Crippen molar-refractivity contribution in [1.29, 1.82) is 0 Å². The lowest BCUT2D eigenvalue weighted by molar-refractivity contribution is -0.136. The number of aromatic nitrogens is 2. The van der Waals surface area contributed by atoms with Gasteiger partial charge in [0.05, 0.1) is 12.1 Å². The topological polar surface area (TPSA) is 66.0 Å². The number of H-pyrrole nitrogens is 1. The number of nitrogens with zero attached hydrogens (tertiary/aromatic N) is 1. The molecule has 0 unspecified atom stereocenters. The normalized spacial score (nSPS) is 10.5.